The molecule has 4 rings (SSSR count). The molecule has 7 heteroatoms. The Morgan fingerprint density at radius 3 is 2.05 bits per heavy atom. The van der Waals surface area contributed by atoms with E-state index >= 15 is 0 Å². The van der Waals surface area contributed by atoms with Crippen LogP contribution in [0.25, 0.3) is 11.1 Å². The van der Waals surface area contributed by atoms with Crippen LogP contribution in [0.5, 0.6) is 0 Å². The Labute approximate surface area is 223 Å². The van der Waals surface area contributed by atoms with Gasteiger partial charge in [-0.15, -0.1) is 0 Å². The predicted octanol–water partition coefficient (Wildman–Crippen LogP) is 5.44. The highest BCUT2D eigenvalue weighted by molar-refractivity contribution is 5.86. The summed E-state index contributed by atoms with van der Waals surface area (Å²) in [7, 11) is 0. The molecule has 0 aromatic heterocycles. The third-order valence-corrected chi connectivity index (χ3v) is 6.76. The van der Waals surface area contributed by atoms with Gasteiger partial charge in [-0.3, -0.25) is 9.59 Å². The van der Waals surface area contributed by atoms with E-state index in [0.29, 0.717) is 6.42 Å². The van der Waals surface area contributed by atoms with Crippen LogP contribution in [0.3, 0.4) is 0 Å². The second-order valence-electron chi connectivity index (χ2n) is 10.0. The van der Waals surface area contributed by atoms with E-state index in [1.807, 2.05) is 68.4 Å². The molecule has 0 saturated carbocycles. The minimum Gasteiger partial charge on any atom is -0.481 e. The number of amides is 2. The molecule has 0 saturated heterocycles. The molecule has 2 N–H and O–H groups in total. The number of carboxylic acids is 1. The lowest BCUT2D eigenvalue weighted by atomic mass is 9.98. The monoisotopic (exact) mass is 514 g/mol. The van der Waals surface area contributed by atoms with Crippen LogP contribution in [0, 0.1) is 5.92 Å². The van der Waals surface area contributed by atoms with Gasteiger partial charge in [-0.1, -0.05) is 92.7 Å². The molecule has 2 amide bonds. The van der Waals surface area contributed by atoms with E-state index in [0.717, 1.165) is 27.8 Å². The number of hydrogen-bond donors (Lipinski definition) is 2. The number of carbonyl (C=O) groups is 3. The SMILES string of the molecule is CC(C)C[C@@H](NC(=O)OCC1c2ccccc2-c2ccccc21)C(=O)N(CCC(=O)O)Cc1ccccc1. The third-order valence-electron chi connectivity index (χ3n) is 6.76. The molecule has 0 fully saturated rings. The smallest absolute Gasteiger partial charge is 0.407 e. The van der Waals surface area contributed by atoms with Crippen molar-refractivity contribution in [3.8, 4) is 11.1 Å². The first-order valence-corrected chi connectivity index (χ1v) is 13.0. The lowest BCUT2D eigenvalue weighted by Crippen LogP contribution is -2.49. The molecule has 0 unspecified atom stereocenters. The van der Waals surface area contributed by atoms with Gasteiger partial charge >= 0.3 is 12.1 Å². The second kappa shape index (κ2) is 12.4. The van der Waals surface area contributed by atoms with E-state index in [9.17, 15) is 19.5 Å². The van der Waals surface area contributed by atoms with Crippen molar-refractivity contribution in [2.24, 2.45) is 5.92 Å². The van der Waals surface area contributed by atoms with Gasteiger partial charge < -0.3 is 20.1 Å². The standard InChI is InChI=1S/C31H34N2O5/c1-21(2)18-28(30(36)33(17-16-29(34)35)19-22-10-4-3-5-11-22)32-31(37)38-20-27-25-14-8-6-12-23(25)24-13-7-9-15-26(24)27/h3-15,21,27-28H,16-20H2,1-2H3,(H,32,37)(H,34,35)/t28-/m1/s1. The van der Waals surface area contributed by atoms with Gasteiger partial charge in [0, 0.05) is 19.0 Å². The van der Waals surface area contributed by atoms with Crippen LogP contribution in [-0.2, 0) is 20.9 Å². The number of rotatable bonds is 11. The Morgan fingerprint density at radius 2 is 1.47 bits per heavy atom. The summed E-state index contributed by atoms with van der Waals surface area (Å²) in [5.41, 5.74) is 5.38. The molecule has 1 aliphatic rings. The van der Waals surface area contributed by atoms with Crippen LogP contribution in [0.4, 0.5) is 4.79 Å². The van der Waals surface area contributed by atoms with Gasteiger partial charge in [-0.05, 0) is 40.2 Å². The summed E-state index contributed by atoms with van der Waals surface area (Å²) in [6.07, 6.45) is -0.442. The predicted molar refractivity (Wildman–Crippen MR) is 146 cm³/mol. The fourth-order valence-electron chi connectivity index (χ4n) is 5.00. The van der Waals surface area contributed by atoms with Gasteiger partial charge in [0.25, 0.3) is 0 Å². The van der Waals surface area contributed by atoms with Crippen molar-refractivity contribution in [1.82, 2.24) is 10.2 Å². The molecule has 1 atom stereocenters. The maximum absolute atomic E-state index is 13.6. The van der Waals surface area contributed by atoms with Gasteiger partial charge in [-0.25, -0.2) is 4.79 Å². The minimum atomic E-state index is -0.985. The maximum atomic E-state index is 13.6. The number of hydrogen-bond acceptors (Lipinski definition) is 4. The van der Waals surface area contributed by atoms with Crippen LogP contribution in [0.15, 0.2) is 78.9 Å². The third kappa shape index (κ3) is 6.59. The molecular weight excluding hydrogens is 480 g/mol. The molecule has 3 aromatic rings. The molecule has 3 aromatic carbocycles. The Morgan fingerprint density at radius 1 is 0.895 bits per heavy atom. The Bertz CT molecular complexity index is 1230. The van der Waals surface area contributed by atoms with E-state index in [2.05, 4.69) is 29.6 Å². The number of carboxylic acid groups (broad SMARTS) is 1. The van der Waals surface area contributed by atoms with Gasteiger partial charge in [0.1, 0.15) is 12.6 Å². The van der Waals surface area contributed by atoms with Crippen LogP contribution in [0.2, 0.25) is 0 Å². The number of aliphatic carboxylic acids is 1. The van der Waals surface area contributed by atoms with E-state index in [-0.39, 0.29) is 43.9 Å². The summed E-state index contributed by atoms with van der Waals surface area (Å²) in [6.45, 7) is 4.39. The van der Waals surface area contributed by atoms with Crippen LogP contribution in [0.1, 0.15) is 49.3 Å². The zero-order valence-corrected chi connectivity index (χ0v) is 21.8. The number of nitrogens with zero attached hydrogens (tertiary/aromatic N) is 1. The van der Waals surface area contributed by atoms with Crippen molar-refractivity contribution in [2.75, 3.05) is 13.2 Å². The summed E-state index contributed by atoms with van der Waals surface area (Å²) in [5, 5.41) is 12.0. The average molecular weight is 515 g/mol. The Balaban J connectivity index is 1.46. The van der Waals surface area contributed by atoms with Gasteiger partial charge in [0.2, 0.25) is 5.91 Å². The average Bonchev–Trinajstić information content (AvgIpc) is 3.23. The molecule has 38 heavy (non-hydrogen) atoms. The first-order valence-electron chi connectivity index (χ1n) is 13.0. The Kier molecular flexibility index (Phi) is 8.79. The van der Waals surface area contributed by atoms with Gasteiger partial charge in [0.05, 0.1) is 6.42 Å². The fraction of sp³-hybridized carbons (Fsp3) is 0.323. The maximum Gasteiger partial charge on any atom is 0.407 e. The molecule has 0 aliphatic heterocycles. The van der Waals surface area contributed by atoms with Crippen LogP contribution in [-0.4, -0.2) is 47.2 Å². The summed E-state index contributed by atoms with van der Waals surface area (Å²) >= 11 is 0. The number of ether oxygens (including phenoxy) is 1. The molecule has 7 nitrogen and oxygen atoms in total. The zero-order valence-electron chi connectivity index (χ0n) is 21.8. The first kappa shape index (κ1) is 26.9. The number of carbonyl (C=O) groups excluding carboxylic acids is 2. The largest absolute Gasteiger partial charge is 0.481 e. The number of alkyl carbamates (subject to hydrolysis) is 1. The lowest BCUT2D eigenvalue weighted by Gasteiger charge is -2.28. The molecule has 198 valence electrons. The summed E-state index contributed by atoms with van der Waals surface area (Å²) in [6, 6.07) is 24.8. The van der Waals surface area contributed by atoms with E-state index in [1.165, 1.54) is 4.90 Å². The molecule has 0 heterocycles. The normalized spacial score (nSPS) is 12.9. The summed E-state index contributed by atoms with van der Waals surface area (Å²) in [5.74, 6) is -1.27. The quantitative estimate of drug-likeness (QED) is 0.355. The van der Waals surface area contributed by atoms with Crippen LogP contribution < -0.4 is 5.32 Å². The molecule has 1 aliphatic carbocycles. The molecular formula is C31H34N2O5. The van der Waals surface area contributed by atoms with Crippen molar-refractivity contribution < 1.29 is 24.2 Å². The van der Waals surface area contributed by atoms with Crippen molar-refractivity contribution in [3.63, 3.8) is 0 Å². The zero-order chi connectivity index (χ0) is 27.1. The highest BCUT2D eigenvalue weighted by Gasteiger charge is 2.31. The second-order valence-corrected chi connectivity index (χ2v) is 10.0. The van der Waals surface area contributed by atoms with E-state index in [1.54, 1.807) is 0 Å². The fourth-order valence-corrected chi connectivity index (χ4v) is 5.00. The first-order chi connectivity index (χ1) is 18.3. The topological polar surface area (TPSA) is 95.9 Å². The Hall–Kier alpha value is -4.13. The van der Waals surface area contributed by atoms with E-state index in [4.69, 9.17) is 4.74 Å². The van der Waals surface area contributed by atoms with Gasteiger partial charge in [0.15, 0.2) is 0 Å². The highest BCUT2D eigenvalue weighted by Crippen LogP contribution is 2.44. The van der Waals surface area contributed by atoms with Gasteiger partial charge in [-0.2, -0.15) is 0 Å². The van der Waals surface area contributed by atoms with Crippen molar-refractivity contribution in [1.29, 1.82) is 0 Å². The molecule has 0 radical (unpaired) electrons. The number of benzene rings is 3. The van der Waals surface area contributed by atoms with Crippen molar-refractivity contribution in [3.05, 3.63) is 95.6 Å². The van der Waals surface area contributed by atoms with Crippen molar-refractivity contribution >= 4 is 18.0 Å². The molecule has 0 spiro atoms. The van der Waals surface area contributed by atoms with E-state index < -0.39 is 18.1 Å². The summed E-state index contributed by atoms with van der Waals surface area (Å²) in [4.78, 5) is 39.3. The van der Waals surface area contributed by atoms with Crippen molar-refractivity contribution in [2.45, 2.75) is 45.2 Å². The molecule has 0 bridgehead atoms. The highest BCUT2D eigenvalue weighted by atomic mass is 16.5. The lowest BCUT2D eigenvalue weighted by molar-refractivity contribution is -0.139. The summed E-state index contributed by atoms with van der Waals surface area (Å²) < 4.78 is 5.68. The number of nitrogens with one attached hydrogen (secondary N) is 1. The number of fused-ring (bicyclic) bond motifs is 3. The minimum absolute atomic E-state index is 0.0457. The van der Waals surface area contributed by atoms with Crippen LogP contribution >= 0.6 is 0 Å².